The Labute approximate surface area is 208 Å². The summed E-state index contributed by atoms with van der Waals surface area (Å²) in [6.45, 7) is 0. The van der Waals surface area contributed by atoms with Gasteiger partial charge in [-0.25, -0.2) is 0 Å². The monoisotopic (exact) mass is 452 g/mol. The van der Waals surface area contributed by atoms with Crippen molar-refractivity contribution >= 4 is 11.4 Å². The minimum Gasteiger partial charge on any atom is -0.378 e. The Bertz CT molecular complexity index is 1410. The quantitative estimate of drug-likeness (QED) is 0.305. The van der Waals surface area contributed by atoms with Gasteiger partial charge in [-0.2, -0.15) is 0 Å². The molecule has 0 saturated heterocycles. The average molecular weight is 453 g/mol. The van der Waals surface area contributed by atoms with Crippen LogP contribution in [-0.2, 0) is 0 Å². The van der Waals surface area contributed by atoms with Gasteiger partial charge in [0.25, 0.3) is 0 Å². The second kappa shape index (κ2) is 9.46. The Hall–Kier alpha value is -4.40. The largest absolute Gasteiger partial charge is 0.378 e. The normalized spacial score (nSPS) is 11.9. The molecule has 2 nitrogen and oxygen atoms in total. The van der Waals surface area contributed by atoms with Crippen molar-refractivity contribution < 1.29 is 0 Å². The maximum absolute atomic E-state index is 3.52. The van der Waals surface area contributed by atoms with Gasteiger partial charge in [0.1, 0.15) is 0 Å². The third-order valence-corrected chi connectivity index (χ3v) is 6.45. The Morgan fingerprint density at radius 2 is 0.914 bits per heavy atom. The van der Waals surface area contributed by atoms with Gasteiger partial charge < -0.3 is 9.80 Å². The highest BCUT2D eigenvalue weighted by Crippen LogP contribution is 2.38. The van der Waals surface area contributed by atoms with Crippen molar-refractivity contribution in [2.45, 2.75) is 5.92 Å². The fourth-order valence-corrected chi connectivity index (χ4v) is 4.51. The number of anilines is 2. The summed E-state index contributed by atoms with van der Waals surface area (Å²) in [5.41, 5.74) is 9.83. The molecule has 0 aliphatic heterocycles. The first kappa shape index (κ1) is 22.4. The lowest BCUT2D eigenvalue weighted by atomic mass is 9.80. The third kappa shape index (κ3) is 4.52. The SMILES string of the molecule is CN(C)c1ccc2c(c1)C#Cc1ccccc1C#Cc1cc(N(C)C)ccc1C2c1ccccc1. The molecule has 0 spiro atoms. The van der Waals surface area contributed by atoms with Crippen molar-refractivity contribution in [3.63, 3.8) is 0 Å². The fraction of sp³-hybridized carbons (Fsp3) is 0.152. The smallest absolute Gasteiger partial charge is 0.0405 e. The minimum absolute atomic E-state index is 0.0124. The van der Waals surface area contributed by atoms with Gasteiger partial charge in [-0.05, 0) is 53.1 Å². The van der Waals surface area contributed by atoms with E-state index in [0.717, 1.165) is 33.6 Å². The van der Waals surface area contributed by atoms with Gasteiger partial charge in [0.2, 0.25) is 0 Å². The van der Waals surface area contributed by atoms with Crippen molar-refractivity contribution in [2.24, 2.45) is 0 Å². The number of rotatable bonds is 3. The fourth-order valence-electron chi connectivity index (χ4n) is 4.51. The number of hydrogen-bond donors (Lipinski definition) is 0. The lowest BCUT2D eigenvalue weighted by molar-refractivity contribution is 0.964. The van der Waals surface area contributed by atoms with Gasteiger partial charge in [-0.1, -0.05) is 78.3 Å². The van der Waals surface area contributed by atoms with E-state index in [2.05, 4.69) is 141 Å². The zero-order chi connectivity index (χ0) is 24.4. The molecule has 5 rings (SSSR count). The summed E-state index contributed by atoms with van der Waals surface area (Å²) < 4.78 is 0. The van der Waals surface area contributed by atoms with Crippen LogP contribution < -0.4 is 9.80 Å². The Morgan fingerprint density at radius 1 is 0.486 bits per heavy atom. The number of benzene rings is 4. The molecular formula is C33H28N2. The van der Waals surface area contributed by atoms with E-state index < -0.39 is 0 Å². The molecule has 0 heterocycles. The predicted octanol–water partition coefficient (Wildman–Crippen LogP) is 6.11. The van der Waals surface area contributed by atoms with Crippen molar-refractivity contribution in [2.75, 3.05) is 38.0 Å². The van der Waals surface area contributed by atoms with Crippen LogP contribution in [0, 0.1) is 23.7 Å². The van der Waals surface area contributed by atoms with Crippen molar-refractivity contribution in [3.05, 3.63) is 130 Å². The van der Waals surface area contributed by atoms with Crippen LogP contribution in [0.1, 0.15) is 44.9 Å². The molecule has 4 aromatic rings. The molecule has 0 radical (unpaired) electrons. The maximum atomic E-state index is 3.52. The van der Waals surface area contributed by atoms with Crippen LogP contribution >= 0.6 is 0 Å². The molecule has 1 aliphatic carbocycles. The van der Waals surface area contributed by atoms with E-state index in [1.807, 2.05) is 12.1 Å². The molecule has 4 aromatic carbocycles. The highest BCUT2D eigenvalue weighted by Gasteiger charge is 2.23. The van der Waals surface area contributed by atoms with E-state index in [4.69, 9.17) is 0 Å². The van der Waals surface area contributed by atoms with Gasteiger partial charge in [-0.15, -0.1) is 0 Å². The van der Waals surface area contributed by atoms with Crippen LogP contribution in [0.4, 0.5) is 11.4 Å². The van der Waals surface area contributed by atoms with Crippen LogP contribution in [-0.4, -0.2) is 28.2 Å². The molecule has 0 saturated carbocycles. The van der Waals surface area contributed by atoms with E-state index in [9.17, 15) is 0 Å². The molecule has 0 unspecified atom stereocenters. The van der Waals surface area contributed by atoms with Gasteiger partial charge in [0.15, 0.2) is 0 Å². The summed E-state index contributed by atoms with van der Waals surface area (Å²) in [5, 5.41) is 0. The van der Waals surface area contributed by atoms with Gasteiger partial charge in [0.05, 0.1) is 0 Å². The Balaban J connectivity index is 1.87. The molecule has 35 heavy (non-hydrogen) atoms. The lowest BCUT2D eigenvalue weighted by Crippen LogP contribution is -2.13. The molecule has 0 fully saturated rings. The van der Waals surface area contributed by atoms with Crippen LogP contribution in [0.5, 0.6) is 0 Å². The first-order chi connectivity index (χ1) is 17.0. The van der Waals surface area contributed by atoms with Crippen LogP contribution in [0.25, 0.3) is 0 Å². The maximum Gasteiger partial charge on any atom is 0.0405 e. The number of nitrogens with zero attached hydrogens (tertiary/aromatic N) is 2. The predicted molar refractivity (Wildman–Crippen MR) is 147 cm³/mol. The van der Waals surface area contributed by atoms with E-state index in [-0.39, 0.29) is 5.92 Å². The molecular weight excluding hydrogens is 424 g/mol. The summed E-state index contributed by atoms with van der Waals surface area (Å²) in [6.07, 6.45) is 0. The number of fused-ring (bicyclic) bond motifs is 3. The van der Waals surface area contributed by atoms with Crippen LogP contribution in [0.15, 0.2) is 91.0 Å². The topological polar surface area (TPSA) is 6.48 Å². The molecule has 0 amide bonds. The van der Waals surface area contributed by atoms with E-state index in [1.165, 1.54) is 16.7 Å². The van der Waals surface area contributed by atoms with Crippen molar-refractivity contribution in [3.8, 4) is 23.7 Å². The minimum atomic E-state index is 0.0124. The molecule has 0 N–H and O–H groups in total. The van der Waals surface area contributed by atoms with Gasteiger partial charge in [0, 0.05) is 67.7 Å². The summed E-state index contributed by atoms with van der Waals surface area (Å²) in [6, 6.07) is 32.1. The molecule has 170 valence electrons. The van der Waals surface area contributed by atoms with Crippen LogP contribution in [0.2, 0.25) is 0 Å². The van der Waals surface area contributed by atoms with E-state index in [1.54, 1.807) is 0 Å². The highest BCUT2D eigenvalue weighted by atomic mass is 15.1. The first-order valence-corrected chi connectivity index (χ1v) is 11.8. The summed E-state index contributed by atoms with van der Waals surface area (Å²) >= 11 is 0. The van der Waals surface area contributed by atoms with Crippen LogP contribution in [0.3, 0.4) is 0 Å². The van der Waals surface area contributed by atoms with Crippen molar-refractivity contribution in [1.82, 2.24) is 0 Å². The Morgan fingerprint density at radius 3 is 1.37 bits per heavy atom. The van der Waals surface area contributed by atoms with Gasteiger partial charge in [-0.3, -0.25) is 0 Å². The summed E-state index contributed by atoms with van der Waals surface area (Å²) in [4.78, 5) is 4.25. The standard InChI is InChI=1S/C33H28N2/c1-34(2)29-18-20-31-27(22-29)16-14-24-10-8-9-11-25(24)15-17-28-23-30(35(3)4)19-21-32(28)33(31)26-12-6-5-7-13-26/h5-13,18-23,33H,1-4H3. The second-order valence-electron chi connectivity index (χ2n) is 9.22. The third-order valence-electron chi connectivity index (χ3n) is 6.45. The van der Waals surface area contributed by atoms with E-state index in [0.29, 0.717) is 0 Å². The Kier molecular flexibility index (Phi) is 6.05. The molecule has 0 bridgehead atoms. The average Bonchev–Trinajstić information content (AvgIpc) is 2.90. The van der Waals surface area contributed by atoms with E-state index >= 15 is 0 Å². The zero-order valence-electron chi connectivity index (χ0n) is 20.6. The number of hydrogen-bond acceptors (Lipinski definition) is 2. The van der Waals surface area contributed by atoms with Gasteiger partial charge >= 0.3 is 0 Å². The highest BCUT2D eigenvalue weighted by molar-refractivity contribution is 5.66. The summed E-state index contributed by atoms with van der Waals surface area (Å²) in [5.74, 6) is 13.9. The molecule has 2 heteroatoms. The molecule has 0 aromatic heterocycles. The van der Waals surface area contributed by atoms with Crippen molar-refractivity contribution in [1.29, 1.82) is 0 Å². The zero-order valence-corrected chi connectivity index (χ0v) is 20.6. The summed E-state index contributed by atoms with van der Waals surface area (Å²) in [7, 11) is 8.26. The second-order valence-corrected chi connectivity index (χ2v) is 9.22. The molecule has 0 atom stereocenters. The molecule has 1 aliphatic rings. The lowest BCUT2D eigenvalue weighted by Gasteiger charge is -2.24. The first-order valence-electron chi connectivity index (χ1n) is 11.8.